The second-order valence-corrected chi connectivity index (χ2v) is 9.55. The molecule has 30 heavy (non-hydrogen) atoms. The third-order valence-electron chi connectivity index (χ3n) is 3.82. The van der Waals surface area contributed by atoms with Crippen molar-refractivity contribution in [2.24, 2.45) is 0 Å². The molecule has 0 heterocycles. The quantitative estimate of drug-likeness (QED) is 0.438. The lowest BCUT2D eigenvalue weighted by Gasteiger charge is -2.26. The highest BCUT2D eigenvalue weighted by Crippen LogP contribution is 2.50. The fourth-order valence-corrected chi connectivity index (χ4v) is 3.63. The van der Waals surface area contributed by atoms with Gasteiger partial charge in [0.2, 0.25) is 11.7 Å². The number of hydrogen-bond donors (Lipinski definition) is 2. The van der Waals surface area contributed by atoms with E-state index in [0.717, 1.165) is 26.9 Å². The van der Waals surface area contributed by atoms with E-state index in [1.165, 1.54) is 0 Å². The summed E-state index contributed by atoms with van der Waals surface area (Å²) in [5.41, 5.74) is -0.0428. The molecule has 1 rings (SSSR count). The first-order valence-corrected chi connectivity index (χ1v) is 10.7. The first-order chi connectivity index (χ1) is 14.0. The number of hydrogen-bond acceptors (Lipinski definition) is 8. The van der Waals surface area contributed by atoms with E-state index in [-0.39, 0.29) is 6.42 Å². The average molecular weight is 444 g/mol. The second-order valence-electron chi connectivity index (χ2n) is 7.23. The topological polar surface area (TPSA) is 129 Å². The van der Waals surface area contributed by atoms with E-state index < -0.39 is 43.0 Å². The van der Waals surface area contributed by atoms with E-state index >= 15 is 0 Å². The van der Waals surface area contributed by atoms with E-state index in [9.17, 15) is 18.9 Å². The number of ether oxygens (including phenoxy) is 2. The molecule has 2 atom stereocenters. The summed E-state index contributed by atoms with van der Waals surface area (Å²) < 4.78 is 32.2. The second kappa shape index (κ2) is 11.1. The van der Waals surface area contributed by atoms with Crippen molar-refractivity contribution in [3.63, 3.8) is 0 Å². The Balaban J connectivity index is 3.13. The molecule has 0 saturated carbocycles. The Morgan fingerprint density at radius 1 is 1.00 bits per heavy atom. The van der Waals surface area contributed by atoms with Gasteiger partial charge in [0, 0.05) is 20.6 Å². The summed E-state index contributed by atoms with van der Waals surface area (Å²) in [6.45, 7) is 5.04. The van der Waals surface area contributed by atoms with Gasteiger partial charge in [-0.15, -0.1) is 0 Å². The Bertz CT molecular complexity index is 770. The molecule has 168 valence electrons. The maximum absolute atomic E-state index is 12.9. The lowest BCUT2D eigenvalue weighted by Crippen LogP contribution is -2.53. The Morgan fingerprint density at radius 3 is 2.03 bits per heavy atom. The van der Waals surface area contributed by atoms with Crippen LogP contribution in [0.5, 0.6) is 0 Å². The van der Waals surface area contributed by atoms with Gasteiger partial charge in [0.25, 0.3) is 0 Å². The molecule has 2 N–H and O–H groups in total. The molecular formula is C19H29N2O8P. The minimum Gasteiger partial charge on any atom is -0.467 e. The van der Waals surface area contributed by atoms with Crippen molar-refractivity contribution in [2.45, 2.75) is 44.6 Å². The van der Waals surface area contributed by atoms with Gasteiger partial charge in [-0.1, -0.05) is 30.3 Å². The summed E-state index contributed by atoms with van der Waals surface area (Å²) in [6, 6.07) is 7.75. The van der Waals surface area contributed by atoms with Crippen LogP contribution < -0.4 is 10.6 Å². The van der Waals surface area contributed by atoms with Crippen LogP contribution in [0.4, 0.5) is 4.79 Å². The third-order valence-corrected chi connectivity index (χ3v) is 5.81. The average Bonchev–Trinajstić information content (AvgIpc) is 2.69. The number of carbonyl (C=O) groups excluding carboxylic acids is 3. The summed E-state index contributed by atoms with van der Waals surface area (Å²) in [5.74, 6) is -3.54. The standard InChI is InChI=1S/C19H29N2O8P/c1-19(2,3)29-18(24)20-14(12-13-10-8-7-9-11-13)15(22)21-16(17(23)26-4)30(25,27-5)28-6/h7-11,14,16H,12H2,1-6H3,(H,20,24)(H,21,22)/t14-,16?/m1/s1. The first kappa shape index (κ1) is 25.6. The molecule has 0 aliphatic heterocycles. The fraction of sp³-hybridized carbons (Fsp3) is 0.526. The van der Waals surface area contributed by atoms with Gasteiger partial charge in [0.1, 0.15) is 11.6 Å². The largest absolute Gasteiger partial charge is 0.467 e. The lowest BCUT2D eigenvalue weighted by atomic mass is 10.1. The predicted molar refractivity (Wildman–Crippen MR) is 109 cm³/mol. The molecular weight excluding hydrogens is 415 g/mol. The van der Waals surface area contributed by atoms with Gasteiger partial charge in [-0.3, -0.25) is 9.36 Å². The molecule has 0 radical (unpaired) electrons. The summed E-state index contributed by atoms with van der Waals surface area (Å²) in [5, 5.41) is 4.78. The Kier molecular flexibility index (Phi) is 9.48. The maximum atomic E-state index is 12.9. The van der Waals surface area contributed by atoms with Gasteiger partial charge in [0.15, 0.2) is 0 Å². The van der Waals surface area contributed by atoms with Gasteiger partial charge >= 0.3 is 19.7 Å². The van der Waals surface area contributed by atoms with Crippen LogP contribution in [-0.2, 0) is 39.1 Å². The molecule has 0 aliphatic rings. The summed E-state index contributed by atoms with van der Waals surface area (Å²) in [4.78, 5) is 37.3. The maximum Gasteiger partial charge on any atom is 0.408 e. The van der Waals surface area contributed by atoms with Crippen LogP contribution in [0.3, 0.4) is 0 Å². The smallest absolute Gasteiger partial charge is 0.408 e. The summed E-state index contributed by atoms with van der Waals surface area (Å²) in [6.07, 6.45) is -0.737. The molecule has 0 aliphatic carbocycles. The van der Waals surface area contributed by atoms with E-state index in [4.69, 9.17) is 13.8 Å². The normalized spacial score (nSPS) is 13.7. The zero-order valence-electron chi connectivity index (χ0n) is 18.0. The van der Waals surface area contributed by atoms with Crippen LogP contribution in [0, 0.1) is 0 Å². The van der Waals surface area contributed by atoms with Crippen molar-refractivity contribution >= 4 is 25.6 Å². The van der Waals surface area contributed by atoms with Crippen molar-refractivity contribution < 1.29 is 37.5 Å². The van der Waals surface area contributed by atoms with Crippen molar-refractivity contribution in [2.75, 3.05) is 21.3 Å². The predicted octanol–water partition coefficient (Wildman–Crippen LogP) is 2.22. The molecule has 0 spiro atoms. The minimum atomic E-state index is -4.06. The zero-order valence-corrected chi connectivity index (χ0v) is 18.9. The van der Waals surface area contributed by atoms with Gasteiger partial charge < -0.3 is 29.2 Å². The van der Waals surface area contributed by atoms with Crippen molar-refractivity contribution in [3.05, 3.63) is 35.9 Å². The van der Waals surface area contributed by atoms with Crippen molar-refractivity contribution in [1.82, 2.24) is 10.6 Å². The molecule has 1 aromatic rings. The van der Waals surface area contributed by atoms with Crippen LogP contribution in [0.15, 0.2) is 30.3 Å². The summed E-state index contributed by atoms with van der Waals surface area (Å²) >= 11 is 0. The van der Waals surface area contributed by atoms with Gasteiger partial charge in [0.05, 0.1) is 7.11 Å². The highest BCUT2D eigenvalue weighted by atomic mass is 31.2. The number of benzene rings is 1. The number of esters is 1. The molecule has 0 bridgehead atoms. The van der Waals surface area contributed by atoms with E-state index in [0.29, 0.717) is 0 Å². The van der Waals surface area contributed by atoms with Crippen LogP contribution in [0.2, 0.25) is 0 Å². The zero-order chi connectivity index (χ0) is 22.9. The van der Waals surface area contributed by atoms with Crippen LogP contribution in [0.25, 0.3) is 0 Å². The molecule has 10 nitrogen and oxygen atoms in total. The monoisotopic (exact) mass is 444 g/mol. The Labute approximate surface area is 176 Å². The number of nitrogens with one attached hydrogen (secondary N) is 2. The summed E-state index contributed by atoms with van der Waals surface area (Å²) in [7, 11) is -0.839. The van der Waals surface area contributed by atoms with Crippen LogP contribution >= 0.6 is 7.60 Å². The number of amides is 2. The van der Waals surface area contributed by atoms with Gasteiger partial charge in [-0.25, -0.2) is 9.59 Å². The van der Waals surface area contributed by atoms with E-state index in [1.54, 1.807) is 51.1 Å². The highest BCUT2D eigenvalue weighted by Gasteiger charge is 2.43. The molecule has 1 aromatic carbocycles. The van der Waals surface area contributed by atoms with Crippen molar-refractivity contribution in [3.8, 4) is 0 Å². The minimum absolute atomic E-state index is 0.0874. The molecule has 2 amide bonds. The first-order valence-electron chi connectivity index (χ1n) is 9.08. The third kappa shape index (κ3) is 7.78. The molecule has 1 unspecified atom stereocenters. The molecule has 0 aromatic heterocycles. The van der Waals surface area contributed by atoms with Crippen LogP contribution in [0.1, 0.15) is 26.3 Å². The number of methoxy groups -OCH3 is 1. The van der Waals surface area contributed by atoms with E-state index in [1.807, 2.05) is 0 Å². The Morgan fingerprint density at radius 2 is 1.57 bits per heavy atom. The number of rotatable bonds is 9. The number of carbonyl (C=O) groups is 3. The number of alkyl carbamates (subject to hydrolysis) is 1. The SMILES string of the molecule is COC(=O)C(NC(=O)[C@@H](Cc1ccccc1)NC(=O)OC(C)(C)C)P(=O)(OC)OC. The molecule has 0 saturated heterocycles. The highest BCUT2D eigenvalue weighted by molar-refractivity contribution is 7.55. The van der Waals surface area contributed by atoms with Gasteiger partial charge in [-0.05, 0) is 26.3 Å². The lowest BCUT2D eigenvalue weighted by molar-refractivity contribution is -0.143. The van der Waals surface area contributed by atoms with Crippen LogP contribution in [-0.4, -0.2) is 56.7 Å². The fourth-order valence-electron chi connectivity index (χ4n) is 2.41. The Hall–Kier alpha value is -2.42. The van der Waals surface area contributed by atoms with Gasteiger partial charge in [-0.2, -0.15) is 0 Å². The van der Waals surface area contributed by atoms with E-state index in [2.05, 4.69) is 15.4 Å². The van der Waals surface area contributed by atoms with Crippen molar-refractivity contribution in [1.29, 1.82) is 0 Å². The molecule has 11 heteroatoms. The molecule has 0 fully saturated rings.